The molecule has 20 heavy (non-hydrogen) atoms. The van der Waals surface area contributed by atoms with E-state index >= 15 is 0 Å². The van der Waals surface area contributed by atoms with Crippen LogP contribution in [0.3, 0.4) is 0 Å². The van der Waals surface area contributed by atoms with E-state index in [0.717, 1.165) is 29.3 Å². The topological polar surface area (TPSA) is 35.2 Å². The molecule has 2 rings (SSSR count). The van der Waals surface area contributed by atoms with Crippen molar-refractivity contribution in [2.24, 2.45) is 5.73 Å². The first-order chi connectivity index (χ1) is 9.51. The zero-order chi connectivity index (χ0) is 14.7. The molecule has 2 aromatic carbocycles. The zero-order valence-corrected chi connectivity index (χ0v) is 11.5. The summed E-state index contributed by atoms with van der Waals surface area (Å²) in [7, 11) is 1.57. The molecule has 0 amide bonds. The van der Waals surface area contributed by atoms with E-state index in [1.165, 1.54) is 0 Å². The normalized spacial score (nSPS) is 12.2. The maximum Gasteiger partial charge on any atom is 0.128 e. The molecule has 0 saturated heterocycles. The van der Waals surface area contributed by atoms with Gasteiger partial charge in [0.1, 0.15) is 17.4 Å². The van der Waals surface area contributed by atoms with E-state index in [1.807, 2.05) is 25.1 Å². The minimum Gasteiger partial charge on any atom is -0.496 e. The number of halogens is 2. The minimum absolute atomic E-state index is 0.175. The summed E-state index contributed by atoms with van der Waals surface area (Å²) in [5.41, 5.74) is 8.12. The van der Waals surface area contributed by atoms with Crippen molar-refractivity contribution in [2.75, 3.05) is 7.11 Å². The second-order valence-corrected chi connectivity index (χ2v) is 4.79. The summed E-state index contributed by atoms with van der Waals surface area (Å²) in [5.74, 6) is -0.290. The fraction of sp³-hybridized carbons (Fsp3) is 0.250. The lowest BCUT2D eigenvalue weighted by Gasteiger charge is -2.16. The van der Waals surface area contributed by atoms with E-state index in [9.17, 15) is 8.78 Å². The van der Waals surface area contributed by atoms with E-state index < -0.39 is 17.7 Å². The largest absolute Gasteiger partial charge is 0.496 e. The Morgan fingerprint density at radius 3 is 2.60 bits per heavy atom. The van der Waals surface area contributed by atoms with Crippen LogP contribution in [-0.2, 0) is 6.42 Å². The maximum atomic E-state index is 13.7. The average molecular weight is 277 g/mol. The van der Waals surface area contributed by atoms with Gasteiger partial charge in [-0.05, 0) is 43.2 Å². The van der Waals surface area contributed by atoms with Crippen LogP contribution in [0.15, 0.2) is 36.4 Å². The van der Waals surface area contributed by atoms with Gasteiger partial charge < -0.3 is 10.5 Å². The molecule has 0 saturated carbocycles. The highest BCUT2D eigenvalue weighted by molar-refractivity contribution is 5.38. The number of hydrogen-bond donors (Lipinski definition) is 1. The summed E-state index contributed by atoms with van der Waals surface area (Å²) in [6, 6.07) is 8.41. The summed E-state index contributed by atoms with van der Waals surface area (Å²) >= 11 is 0. The Bertz CT molecular complexity index is 613. The lowest BCUT2D eigenvalue weighted by Crippen LogP contribution is -2.16. The molecule has 0 aliphatic heterocycles. The van der Waals surface area contributed by atoms with Crippen LogP contribution >= 0.6 is 0 Å². The summed E-state index contributed by atoms with van der Waals surface area (Å²) < 4.78 is 32.2. The van der Waals surface area contributed by atoms with Gasteiger partial charge in [-0.15, -0.1) is 0 Å². The Morgan fingerprint density at radius 1 is 1.15 bits per heavy atom. The monoisotopic (exact) mass is 277 g/mol. The number of hydrogen-bond acceptors (Lipinski definition) is 2. The van der Waals surface area contributed by atoms with Crippen molar-refractivity contribution in [1.29, 1.82) is 0 Å². The summed E-state index contributed by atoms with van der Waals surface area (Å²) in [6.45, 7) is 1.96. The summed E-state index contributed by atoms with van der Waals surface area (Å²) in [4.78, 5) is 0. The molecule has 0 fully saturated rings. The Morgan fingerprint density at radius 2 is 1.90 bits per heavy atom. The molecule has 2 N–H and O–H groups in total. The quantitative estimate of drug-likeness (QED) is 0.928. The lowest BCUT2D eigenvalue weighted by atomic mass is 9.97. The Labute approximate surface area is 117 Å². The van der Waals surface area contributed by atoms with Gasteiger partial charge >= 0.3 is 0 Å². The molecule has 106 valence electrons. The fourth-order valence-electron chi connectivity index (χ4n) is 2.21. The number of rotatable bonds is 4. The number of aryl methyl sites for hydroxylation is 1. The molecular formula is C16H17F2NO. The number of nitrogens with two attached hydrogens (primary N) is 1. The molecule has 0 radical (unpaired) electrons. The molecule has 1 unspecified atom stereocenters. The predicted octanol–water partition coefficient (Wildman–Crippen LogP) is 3.52. The van der Waals surface area contributed by atoms with Crippen molar-refractivity contribution >= 4 is 0 Å². The van der Waals surface area contributed by atoms with Crippen molar-refractivity contribution in [2.45, 2.75) is 19.4 Å². The molecule has 0 bridgehead atoms. The predicted molar refractivity (Wildman–Crippen MR) is 74.7 cm³/mol. The van der Waals surface area contributed by atoms with Crippen molar-refractivity contribution in [1.82, 2.24) is 0 Å². The first kappa shape index (κ1) is 14.5. The SMILES string of the molecule is COc1ccc(C)cc1CC(N)c1cc(F)ccc1F. The molecule has 4 heteroatoms. The van der Waals surface area contributed by atoms with Gasteiger partial charge in [0.05, 0.1) is 7.11 Å². The lowest BCUT2D eigenvalue weighted by molar-refractivity contribution is 0.407. The highest BCUT2D eigenvalue weighted by Gasteiger charge is 2.15. The highest BCUT2D eigenvalue weighted by atomic mass is 19.1. The van der Waals surface area contributed by atoms with Crippen molar-refractivity contribution in [3.05, 3.63) is 64.7 Å². The number of methoxy groups -OCH3 is 1. The van der Waals surface area contributed by atoms with E-state index in [0.29, 0.717) is 12.2 Å². The molecule has 2 nitrogen and oxygen atoms in total. The van der Waals surface area contributed by atoms with Crippen LogP contribution in [0, 0.1) is 18.6 Å². The smallest absolute Gasteiger partial charge is 0.128 e. The van der Waals surface area contributed by atoms with Gasteiger partial charge in [0.15, 0.2) is 0 Å². The third-order valence-corrected chi connectivity index (χ3v) is 3.23. The molecule has 1 atom stereocenters. The third kappa shape index (κ3) is 3.14. The van der Waals surface area contributed by atoms with Gasteiger partial charge in [0.25, 0.3) is 0 Å². The van der Waals surface area contributed by atoms with Gasteiger partial charge in [-0.2, -0.15) is 0 Å². The molecule has 0 heterocycles. The Balaban J connectivity index is 2.29. The zero-order valence-electron chi connectivity index (χ0n) is 11.5. The minimum atomic E-state index is -0.624. The van der Waals surface area contributed by atoms with Crippen molar-refractivity contribution in [3.63, 3.8) is 0 Å². The highest BCUT2D eigenvalue weighted by Crippen LogP contribution is 2.26. The fourth-order valence-corrected chi connectivity index (χ4v) is 2.21. The van der Waals surface area contributed by atoms with Crippen molar-refractivity contribution < 1.29 is 13.5 Å². The Hall–Kier alpha value is -1.94. The summed E-state index contributed by atoms with van der Waals surface area (Å²) in [6.07, 6.45) is 0.380. The second kappa shape index (κ2) is 6.01. The summed E-state index contributed by atoms with van der Waals surface area (Å²) in [5, 5.41) is 0. The van der Waals surface area contributed by atoms with Gasteiger partial charge in [-0.3, -0.25) is 0 Å². The number of ether oxygens (including phenoxy) is 1. The van der Waals surface area contributed by atoms with Crippen LogP contribution in [0.1, 0.15) is 22.7 Å². The first-order valence-corrected chi connectivity index (χ1v) is 6.35. The van der Waals surface area contributed by atoms with Crippen LogP contribution in [0.2, 0.25) is 0 Å². The molecule has 0 aromatic heterocycles. The van der Waals surface area contributed by atoms with Gasteiger partial charge in [0, 0.05) is 11.6 Å². The van der Waals surface area contributed by atoms with Gasteiger partial charge in [-0.1, -0.05) is 17.7 Å². The van der Waals surface area contributed by atoms with Gasteiger partial charge in [-0.25, -0.2) is 8.78 Å². The molecule has 0 aliphatic carbocycles. The van der Waals surface area contributed by atoms with E-state index in [2.05, 4.69) is 0 Å². The molecule has 0 aliphatic rings. The number of benzene rings is 2. The van der Waals surface area contributed by atoms with Crippen LogP contribution in [-0.4, -0.2) is 7.11 Å². The average Bonchev–Trinajstić information content (AvgIpc) is 2.41. The third-order valence-electron chi connectivity index (χ3n) is 3.23. The van der Waals surface area contributed by atoms with E-state index in [-0.39, 0.29) is 5.56 Å². The van der Waals surface area contributed by atoms with Crippen LogP contribution in [0.25, 0.3) is 0 Å². The Kier molecular flexibility index (Phi) is 4.35. The van der Waals surface area contributed by atoms with E-state index in [4.69, 9.17) is 10.5 Å². The molecular weight excluding hydrogens is 260 g/mol. The van der Waals surface area contributed by atoms with E-state index in [1.54, 1.807) is 7.11 Å². The van der Waals surface area contributed by atoms with Crippen LogP contribution in [0.4, 0.5) is 8.78 Å². The van der Waals surface area contributed by atoms with Gasteiger partial charge in [0.2, 0.25) is 0 Å². The molecule has 0 spiro atoms. The standard InChI is InChI=1S/C16H17F2NO/c1-10-3-6-16(20-2)11(7-10)8-15(19)13-9-12(17)4-5-14(13)18/h3-7,9,15H,8,19H2,1-2H3. The maximum absolute atomic E-state index is 13.7. The van der Waals surface area contributed by atoms with Crippen LogP contribution < -0.4 is 10.5 Å². The van der Waals surface area contributed by atoms with Crippen LogP contribution in [0.5, 0.6) is 5.75 Å². The van der Waals surface area contributed by atoms with Crippen molar-refractivity contribution in [3.8, 4) is 5.75 Å². The molecule has 2 aromatic rings. The first-order valence-electron chi connectivity index (χ1n) is 6.35. The second-order valence-electron chi connectivity index (χ2n) is 4.79.